The Labute approximate surface area is 105 Å². The van der Waals surface area contributed by atoms with Crippen molar-refractivity contribution in [3.05, 3.63) is 34.3 Å². The van der Waals surface area contributed by atoms with Crippen LogP contribution in [0.3, 0.4) is 0 Å². The molecule has 1 fully saturated rings. The van der Waals surface area contributed by atoms with E-state index in [2.05, 4.69) is 28.2 Å². The maximum Gasteiger partial charge on any atom is 0.223 e. The Kier molecular flexibility index (Phi) is 3.33. The summed E-state index contributed by atoms with van der Waals surface area (Å²) in [5.74, 6) is 0.993. The molecule has 2 rings (SSSR count). The third-order valence-corrected chi connectivity index (χ3v) is 3.90. The second kappa shape index (κ2) is 4.58. The Morgan fingerprint density at radius 1 is 1.50 bits per heavy atom. The molecule has 1 aromatic carbocycles. The average Bonchev–Trinajstić information content (AvgIpc) is 2.96. The summed E-state index contributed by atoms with van der Waals surface area (Å²) in [6, 6.07) is 8.06. The molecule has 0 aromatic heterocycles. The molecular weight excluding hydrogens is 266 g/mol. The number of nitrogens with one attached hydrogen (secondary N) is 1. The summed E-state index contributed by atoms with van der Waals surface area (Å²) in [5, 5.41) is 3.06. The van der Waals surface area contributed by atoms with Crippen molar-refractivity contribution in [3.8, 4) is 0 Å². The molecule has 0 spiro atoms. The highest BCUT2D eigenvalue weighted by Crippen LogP contribution is 2.38. The van der Waals surface area contributed by atoms with Crippen LogP contribution < -0.4 is 5.32 Å². The van der Waals surface area contributed by atoms with E-state index in [1.807, 2.05) is 31.2 Å². The summed E-state index contributed by atoms with van der Waals surface area (Å²) in [6.45, 7) is 4.14. The maximum atomic E-state index is 11.8. The van der Waals surface area contributed by atoms with Crippen LogP contribution in [-0.2, 0) is 4.79 Å². The molecule has 1 aliphatic carbocycles. The van der Waals surface area contributed by atoms with Gasteiger partial charge in [0.2, 0.25) is 5.91 Å². The molecule has 1 aliphatic rings. The predicted octanol–water partition coefficient (Wildman–Crippen LogP) is 3.28. The fourth-order valence-electron chi connectivity index (χ4n) is 1.91. The fourth-order valence-corrected chi connectivity index (χ4v) is 2.54. The predicted molar refractivity (Wildman–Crippen MR) is 68.0 cm³/mol. The number of amides is 1. The minimum absolute atomic E-state index is 0.0656. The lowest BCUT2D eigenvalue weighted by Gasteiger charge is -2.15. The van der Waals surface area contributed by atoms with Crippen molar-refractivity contribution in [2.45, 2.75) is 26.3 Å². The van der Waals surface area contributed by atoms with Crippen LogP contribution in [0, 0.1) is 11.8 Å². The maximum absolute atomic E-state index is 11.8. The summed E-state index contributed by atoms with van der Waals surface area (Å²) >= 11 is 3.50. The Hall–Kier alpha value is -0.830. The van der Waals surface area contributed by atoms with Gasteiger partial charge >= 0.3 is 0 Å². The number of hydrogen-bond donors (Lipinski definition) is 1. The first kappa shape index (κ1) is 11.6. The van der Waals surface area contributed by atoms with Gasteiger partial charge < -0.3 is 5.32 Å². The lowest BCUT2D eigenvalue weighted by molar-refractivity contribution is -0.123. The van der Waals surface area contributed by atoms with E-state index in [9.17, 15) is 4.79 Å². The van der Waals surface area contributed by atoms with E-state index in [1.165, 1.54) is 0 Å². The van der Waals surface area contributed by atoms with Gasteiger partial charge in [0.1, 0.15) is 0 Å². The van der Waals surface area contributed by atoms with Crippen LogP contribution in [0.2, 0.25) is 0 Å². The molecule has 1 amide bonds. The van der Waals surface area contributed by atoms with Crippen molar-refractivity contribution >= 4 is 21.8 Å². The first-order chi connectivity index (χ1) is 7.59. The van der Waals surface area contributed by atoms with E-state index in [1.54, 1.807) is 0 Å². The zero-order valence-electron chi connectivity index (χ0n) is 9.53. The van der Waals surface area contributed by atoms with Crippen LogP contribution in [0.1, 0.15) is 31.9 Å². The van der Waals surface area contributed by atoms with Crippen molar-refractivity contribution in [2.75, 3.05) is 0 Å². The molecule has 1 saturated carbocycles. The largest absolute Gasteiger partial charge is 0.349 e. The van der Waals surface area contributed by atoms with Crippen LogP contribution in [0.25, 0.3) is 0 Å². The van der Waals surface area contributed by atoms with Gasteiger partial charge in [-0.25, -0.2) is 0 Å². The number of rotatable bonds is 3. The molecule has 3 unspecified atom stereocenters. The highest BCUT2D eigenvalue weighted by atomic mass is 79.9. The summed E-state index contributed by atoms with van der Waals surface area (Å²) in [5.41, 5.74) is 1.13. The van der Waals surface area contributed by atoms with Crippen molar-refractivity contribution in [1.82, 2.24) is 5.32 Å². The molecular formula is C13H16BrNO. The van der Waals surface area contributed by atoms with E-state index in [0.29, 0.717) is 5.92 Å². The monoisotopic (exact) mass is 281 g/mol. The van der Waals surface area contributed by atoms with Gasteiger partial charge in [0.15, 0.2) is 0 Å². The van der Waals surface area contributed by atoms with E-state index in [-0.39, 0.29) is 17.9 Å². The number of halogens is 1. The van der Waals surface area contributed by atoms with Gasteiger partial charge in [0, 0.05) is 10.4 Å². The topological polar surface area (TPSA) is 29.1 Å². The molecule has 1 N–H and O–H groups in total. The van der Waals surface area contributed by atoms with Gasteiger partial charge in [-0.05, 0) is 30.9 Å². The Balaban J connectivity index is 2.00. The molecule has 3 atom stereocenters. The molecule has 3 heteroatoms. The number of benzene rings is 1. The number of carbonyl (C=O) groups is 1. The van der Waals surface area contributed by atoms with Gasteiger partial charge in [-0.15, -0.1) is 0 Å². The zero-order valence-corrected chi connectivity index (χ0v) is 11.1. The standard InChI is InChI=1S/C13H16BrNO/c1-8-7-11(8)13(16)15-9(2)10-5-3-4-6-12(10)14/h3-6,8-9,11H,7H2,1-2H3,(H,15,16). The molecule has 1 aromatic rings. The second-order valence-corrected chi connectivity index (χ2v) is 5.43. The minimum atomic E-state index is 0.0656. The van der Waals surface area contributed by atoms with Gasteiger partial charge in [-0.3, -0.25) is 4.79 Å². The fraction of sp³-hybridized carbons (Fsp3) is 0.462. The highest BCUT2D eigenvalue weighted by molar-refractivity contribution is 9.10. The highest BCUT2D eigenvalue weighted by Gasteiger charge is 2.39. The molecule has 0 radical (unpaired) electrons. The second-order valence-electron chi connectivity index (χ2n) is 4.57. The molecule has 0 saturated heterocycles. The van der Waals surface area contributed by atoms with Crippen molar-refractivity contribution < 1.29 is 4.79 Å². The summed E-state index contributed by atoms with van der Waals surface area (Å²) < 4.78 is 1.05. The minimum Gasteiger partial charge on any atom is -0.349 e. The van der Waals surface area contributed by atoms with Gasteiger partial charge in [0.25, 0.3) is 0 Å². The van der Waals surface area contributed by atoms with E-state index < -0.39 is 0 Å². The van der Waals surface area contributed by atoms with Crippen molar-refractivity contribution in [3.63, 3.8) is 0 Å². The Bertz CT molecular complexity index is 405. The van der Waals surface area contributed by atoms with Crippen molar-refractivity contribution in [1.29, 1.82) is 0 Å². The molecule has 0 aliphatic heterocycles. The van der Waals surface area contributed by atoms with Gasteiger partial charge in [-0.2, -0.15) is 0 Å². The average molecular weight is 282 g/mol. The van der Waals surface area contributed by atoms with Crippen LogP contribution >= 0.6 is 15.9 Å². The SMILES string of the molecule is CC(NC(=O)C1CC1C)c1ccccc1Br. The lowest BCUT2D eigenvalue weighted by Crippen LogP contribution is -2.28. The Morgan fingerprint density at radius 2 is 2.12 bits per heavy atom. The third kappa shape index (κ3) is 2.46. The first-order valence-corrected chi connectivity index (χ1v) is 6.43. The normalized spacial score (nSPS) is 24.9. The summed E-state index contributed by atoms with van der Waals surface area (Å²) in [4.78, 5) is 11.8. The van der Waals surface area contributed by atoms with E-state index in [0.717, 1.165) is 16.5 Å². The van der Waals surface area contributed by atoms with Crippen LogP contribution in [0.15, 0.2) is 28.7 Å². The molecule has 0 bridgehead atoms. The van der Waals surface area contributed by atoms with Crippen LogP contribution in [-0.4, -0.2) is 5.91 Å². The van der Waals surface area contributed by atoms with Crippen LogP contribution in [0.5, 0.6) is 0 Å². The molecule has 2 nitrogen and oxygen atoms in total. The Morgan fingerprint density at radius 3 is 2.69 bits per heavy atom. The smallest absolute Gasteiger partial charge is 0.223 e. The van der Waals surface area contributed by atoms with Crippen LogP contribution in [0.4, 0.5) is 0 Å². The quantitative estimate of drug-likeness (QED) is 0.905. The molecule has 86 valence electrons. The summed E-state index contributed by atoms with van der Waals surface area (Å²) in [6.07, 6.45) is 1.04. The van der Waals surface area contributed by atoms with E-state index in [4.69, 9.17) is 0 Å². The third-order valence-electron chi connectivity index (χ3n) is 3.18. The number of hydrogen-bond acceptors (Lipinski definition) is 1. The zero-order chi connectivity index (χ0) is 11.7. The van der Waals surface area contributed by atoms with Gasteiger partial charge in [0.05, 0.1) is 6.04 Å². The molecule has 0 heterocycles. The number of carbonyl (C=O) groups excluding carboxylic acids is 1. The van der Waals surface area contributed by atoms with E-state index >= 15 is 0 Å². The molecule has 16 heavy (non-hydrogen) atoms. The van der Waals surface area contributed by atoms with Crippen molar-refractivity contribution in [2.24, 2.45) is 11.8 Å². The first-order valence-electron chi connectivity index (χ1n) is 5.64. The van der Waals surface area contributed by atoms with Gasteiger partial charge in [-0.1, -0.05) is 41.1 Å². The lowest BCUT2D eigenvalue weighted by atomic mass is 10.1. The summed E-state index contributed by atoms with van der Waals surface area (Å²) in [7, 11) is 0.